The third kappa shape index (κ3) is 5.06. The second-order valence-corrected chi connectivity index (χ2v) is 9.35. The van der Waals surface area contributed by atoms with E-state index in [1.807, 2.05) is 24.3 Å². The van der Waals surface area contributed by atoms with Gasteiger partial charge in [0.25, 0.3) is 0 Å². The Labute approximate surface area is 196 Å². The Balaban J connectivity index is 1.29. The molecule has 2 amide bonds. The number of alkyl carbamates (subject to hydrolysis) is 1. The van der Waals surface area contributed by atoms with E-state index in [2.05, 4.69) is 29.6 Å². The lowest BCUT2D eigenvalue weighted by Crippen LogP contribution is -2.45. The maximum absolute atomic E-state index is 12.6. The van der Waals surface area contributed by atoms with E-state index in [-0.39, 0.29) is 31.5 Å². The molecule has 33 heavy (non-hydrogen) atoms. The number of hydrogen-bond acceptors (Lipinski definition) is 5. The Morgan fingerprint density at radius 2 is 1.76 bits per heavy atom. The summed E-state index contributed by atoms with van der Waals surface area (Å²) in [4.78, 5) is 37.6. The van der Waals surface area contributed by atoms with Crippen molar-refractivity contribution < 1.29 is 24.2 Å². The number of nitrogens with zero attached hydrogens (tertiary/aromatic N) is 1. The molecule has 0 spiro atoms. The maximum atomic E-state index is 12.6. The van der Waals surface area contributed by atoms with Gasteiger partial charge in [-0.15, -0.1) is 11.8 Å². The van der Waals surface area contributed by atoms with Crippen molar-refractivity contribution in [2.75, 3.05) is 32.0 Å². The van der Waals surface area contributed by atoms with E-state index in [1.165, 1.54) is 22.9 Å². The molecule has 1 aliphatic carbocycles. The first-order chi connectivity index (χ1) is 16.0. The van der Waals surface area contributed by atoms with Crippen molar-refractivity contribution in [2.45, 2.75) is 18.1 Å². The third-order valence-corrected chi connectivity index (χ3v) is 7.14. The summed E-state index contributed by atoms with van der Waals surface area (Å²) in [5, 5.41) is 11.2. The Morgan fingerprint density at radius 1 is 1.12 bits per heavy atom. The van der Waals surface area contributed by atoms with Crippen LogP contribution in [0.2, 0.25) is 0 Å². The van der Waals surface area contributed by atoms with Crippen LogP contribution < -0.4 is 5.32 Å². The maximum Gasteiger partial charge on any atom is 0.407 e. The minimum atomic E-state index is -0.906. The van der Waals surface area contributed by atoms with Gasteiger partial charge in [0.1, 0.15) is 11.9 Å². The van der Waals surface area contributed by atoms with Crippen LogP contribution in [-0.4, -0.2) is 65.2 Å². The van der Waals surface area contributed by atoms with Crippen molar-refractivity contribution in [3.8, 4) is 11.1 Å². The molecule has 4 rings (SSSR count). The number of rotatable bonds is 6. The summed E-state index contributed by atoms with van der Waals surface area (Å²) in [5.74, 6) is -0.540. The Hall–Kier alpha value is -3.26. The molecule has 1 fully saturated rings. The van der Waals surface area contributed by atoms with E-state index in [9.17, 15) is 19.5 Å². The van der Waals surface area contributed by atoms with E-state index in [4.69, 9.17) is 4.74 Å². The lowest BCUT2D eigenvalue weighted by Gasteiger charge is -2.30. The highest BCUT2D eigenvalue weighted by molar-refractivity contribution is 8.00. The smallest absolute Gasteiger partial charge is 0.407 e. The first-order valence-corrected chi connectivity index (χ1v) is 11.9. The Bertz CT molecular complexity index is 1050. The van der Waals surface area contributed by atoms with Gasteiger partial charge < -0.3 is 20.1 Å². The van der Waals surface area contributed by atoms with E-state index in [0.29, 0.717) is 17.9 Å². The van der Waals surface area contributed by atoms with E-state index >= 15 is 0 Å². The van der Waals surface area contributed by atoms with Crippen molar-refractivity contribution in [1.82, 2.24) is 10.2 Å². The van der Waals surface area contributed by atoms with Gasteiger partial charge in [0.05, 0.1) is 0 Å². The molecule has 2 aromatic carbocycles. The number of carbonyl (C=O) groups is 3. The number of thioether (sulfide) groups is 1. The predicted molar refractivity (Wildman–Crippen MR) is 127 cm³/mol. The molecule has 8 heteroatoms. The SMILES string of the molecule is C/C(=C\CNC(=O)OCC1c2ccccc2-c2ccccc21)C(=O)N1CCSC(C(=O)O)C1. The summed E-state index contributed by atoms with van der Waals surface area (Å²) in [6.45, 7) is 2.74. The van der Waals surface area contributed by atoms with Crippen LogP contribution in [0.25, 0.3) is 11.1 Å². The molecule has 1 atom stereocenters. The molecule has 0 bridgehead atoms. The van der Waals surface area contributed by atoms with Gasteiger partial charge >= 0.3 is 12.1 Å². The van der Waals surface area contributed by atoms with Gasteiger partial charge in [0, 0.05) is 36.9 Å². The number of nitrogens with one attached hydrogen (secondary N) is 1. The Kier molecular flexibility index (Phi) is 7.03. The lowest BCUT2D eigenvalue weighted by molar-refractivity contribution is -0.137. The fourth-order valence-corrected chi connectivity index (χ4v) is 5.30. The summed E-state index contributed by atoms with van der Waals surface area (Å²) in [6.07, 6.45) is 1.08. The first-order valence-electron chi connectivity index (χ1n) is 10.8. The van der Waals surface area contributed by atoms with Crippen molar-refractivity contribution in [3.05, 3.63) is 71.3 Å². The summed E-state index contributed by atoms with van der Waals surface area (Å²) in [6, 6.07) is 16.3. The monoisotopic (exact) mass is 466 g/mol. The number of carboxylic acids is 1. The summed E-state index contributed by atoms with van der Waals surface area (Å²) >= 11 is 1.35. The summed E-state index contributed by atoms with van der Waals surface area (Å²) in [5.41, 5.74) is 5.09. The zero-order valence-electron chi connectivity index (χ0n) is 18.3. The van der Waals surface area contributed by atoms with Crippen LogP contribution >= 0.6 is 11.8 Å². The second kappa shape index (κ2) is 10.1. The van der Waals surface area contributed by atoms with Crippen molar-refractivity contribution >= 4 is 29.7 Å². The van der Waals surface area contributed by atoms with Gasteiger partial charge in [-0.2, -0.15) is 0 Å². The minimum Gasteiger partial charge on any atom is -0.480 e. The highest BCUT2D eigenvalue weighted by Crippen LogP contribution is 2.44. The van der Waals surface area contributed by atoms with Gasteiger partial charge in [0.15, 0.2) is 0 Å². The van der Waals surface area contributed by atoms with Crippen LogP contribution in [0, 0.1) is 0 Å². The van der Waals surface area contributed by atoms with Crippen LogP contribution in [0.5, 0.6) is 0 Å². The lowest BCUT2D eigenvalue weighted by atomic mass is 9.98. The van der Waals surface area contributed by atoms with Gasteiger partial charge in [-0.1, -0.05) is 54.6 Å². The standard InChI is InChI=1S/C25H26N2O5S/c1-16(23(28)27-12-13-33-22(14-27)24(29)30)10-11-26-25(31)32-15-21-19-8-4-2-6-17(19)18-7-3-5-9-20(18)21/h2-10,21-22H,11-15H2,1H3,(H,26,31)(H,29,30)/b16-10+. The third-order valence-electron chi connectivity index (χ3n) is 5.96. The first kappa shape index (κ1) is 22.9. The van der Waals surface area contributed by atoms with Crippen LogP contribution in [0.3, 0.4) is 0 Å². The van der Waals surface area contributed by atoms with Crippen molar-refractivity contribution in [1.29, 1.82) is 0 Å². The average Bonchev–Trinajstić information content (AvgIpc) is 3.16. The predicted octanol–water partition coefficient (Wildman–Crippen LogP) is 3.50. The number of amides is 2. The van der Waals surface area contributed by atoms with E-state index < -0.39 is 17.3 Å². The molecule has 7 nitrogen and oxygen atoms in total. The molecule has 2 aliphatic rings. The highest BCUT2D eigenvalue weighted by Gasteiger charge is 2.30. The number of carboxylic acid groups (broad SMARTS) is 1. The zero-order chi connectivity index (χ0) is 23.4. The van der Waals surface area contributed by atoms with Crippen LogP contribution in [0.4, 0.5) is 4.79 Å². The molecular weight excluding hydrogens is 440 g/mol. The number of hydrogen-bond donors (Lipinski definition) is 2. The largest absolute Gasteiger partial charge is 0.480 e. The van der Waals surface area contributed by atoms with E-state index in [0.717, 1.165) is 11.1 Å². The number of fused-ring (bicyclic) bond motifs is 3. The molecule has 2 aromatic rings. The molecule has 1 aliphatic heterocycles. The van der Waals surface area contributed by atoms with Gasteiger partial charge in [-0.25, -0.2) is 4.79 Å². The van der Waals surface area contributed by atoms with Crippen LogP contribution in [0.15, 0.2) is 60.2 Å². The normalized spacial score (nSPS) is 17.8. The number of carbonyl (C=O) groups excluding carboxylic acids is 2. The van der Waals surface area contributed by atoms with Crippen molar-refractivity contribution in [3.63, 3.8) is 0 Å². The number of benzene rings is 2. The molecule has 0 aromatic heterocycles. The van der Waals surface area contributed by atoms with Crippen LogP contribution in [0.1, 0.15) is 24.0 Å². The summed E-state index contributed by atoms with van der Waals surface area (Å²) < 4.78 is 5.50. The molecule has 172 valence electrons. The highest BCUT2D eigenvalue weighted by atomic mass is 32.2. The summed E-state index contributed by atoms with van der Waals surface area (Å²) in [7, 11) is 0. The molecule has 1 unspecified atom stereocenters. The number of aliphatic carboxylic acids is 1. The topological polar surface area (TPSA) is 95.9 Å². The van der Waals surface area contributed by atoms with E-state index in [1.54, 1.807) is 17.9 Å². The molecule has 0 radical (unpaired) electrons. The quantitative estimate of drug-likeness (QED) is 0.633. The fourth-order valence-electron chi connectivity index (χ4n) is 4.26. The Morgan fingerprint density at radius 3 is 2.39 bits per heavy atom. The zero-order valence-corrected chi connectivity index (χ0v) is 19.1. The van der Waals surface area contributed by atoms with Gasteiger partial charge in [-0.3, -0.25) is 9.59 Å². The molecule has 0 saturated carbocycles. The molecule has 1 heterocycles. The van der Waals surface area contributed by atoms with Crippen LogP contribution in [-0.2, 0) is 14.3 Å². The minimum absolute atomic E-state index is 0.0128. The number of ether oxygens (including phenoxy) is 1. The second-order valence-electron chi connectivity index (χ2n) is 8.04. The van der Waals surface area contributed by atoms with Crippen molar-refractivity contribution in [2.24, 2.45) is 0 Å². The molecular formula is C25H26N2O5S. The van der Waals surface area contributed by atoms with Gasteiger partial charge in [-0.05, 0) is 29.2 Å². The molecule has 1 saturated heterocycles. The fraction of sp³-hybridized carbons (Fsp3) is 0.320. The molecule has 2 N–H and O–H groups in total. The van der Waals surface area contributed by atoms with Gasteiger partial charge in [0.2, 0.25) is 5.91 Å². The average molecular weight is 467 g/mol.